The zero-order chi connectivity index (χ0) is 19.4. The number of likely N-dealkylation sites (tertiary alicyclic amines) is 1. The fourth-order valence-electron chi connectivity index (χ4n) is 2.87. The molecule has 0 unspecified atom stereocenters. The summed E-state index contributed by atoms with van der Waals surface area (Å²) in [5.74, 6) is -0.431. The monoisotopic (exact) mass is 391 g/mol. The zero-order valence-electron chi connectivity index (χ0n) is 15.3. The van der Waals surface area contributed by atoms with Gasteiger partial charge in [-0.25, -0.2) is 0 Å². The summed E-state index contributed by atoms with van der Waals surface area (Å²) in [5, 5.41) is 0. The van der Waals surface area contributed by atoms with Crippen molar-refractivity contribution in [3.8, 4) is 5.75 Å². The summed E-state index contributed by atoms with van der Waals surface area (Å²) >= 11 is 1.35. The van der Waals surface area contributed by atoms with E-state index >= 15 is 0 Å². The van der Waals surface area contributed by atoms with E-state index in [9.17, 15) is 14.4 Å². The molecule has 1 aliphatic heterocycles. The van der Waals surface area contributed by atoms with Crippen molar-refractivity contribution in [2.75, 3.05) is 26.9 Å². The molecule has 2 aromatic rings. The molecule has 1 aliphatic rings. The SMILES string of the molecule is CCOc1ccc2c(c1)sc(=NC(=O)CN1C(=O)CCC1=O)n2CCOC. The van der Waals surface area contributed by atoms with Crippen molar-refractivity contribution in [2.24, 2.45) is 4.99 Å². The summed E-state index contributed by atoms with van der Waals surface area (Å²) in [4.78, 5) is 41.4. The van der Waals surface area contributed by atoms with Crippen molar-refractivity contribution >= 4 is 39.3 Å². The Balaban J connectivity index is 1.95. The molecule has 0 aliphatic carbocycles. The maximum atomic E-state index is 12.4. The van der Waals surface area contributed by atoms with Crippen LogP contribution < -0.4 is 9.54 Å². The van der Waals surface area contributed by atoms with Crippen molar-refractivity contribution < 1.29 is 23.9 Å². The third-order valence-electron chi connectivity index (χ3n) is 4.15. The molecule has 1 fully saturated rings. The molecular weight excluding hydrogens is 370 g/mol. The van der Waals surface area contributed by atoms with Gasteiger partial charge in [0.2, 0.25) is 11.8 Å². The number of nitrogens with zero attached hydrogens (tertiary/aromatic N) is 3. The lowest BCUT2D eigenvalue weighted by molar-refractivity contribution is -0.141. The van der Waals surface area contributed by atoms with Crippen molar-refractivity contribution in [1.29, 1.82) is 0 Å². The second-order valence-electron chi connectivity index (χ2n) is 5.97. The minimum atomic E-state index is -0.527. The molecule has 1 saturated heterocycles. The number of carbonyl (C=O) groups is 3. The number of benzene rings is 1. The quantitative estimate of drug-likeness (QED) is 0.664. The summed E-state index contributed by atoms with van der Waals surface area (Å²) in [6.45, 7) is 3.15. The zero-order valence-corrected chi connectivity index (χ0v) is 16.1. The van der Waals surface area contributed by atoms with Crippen LogP contribution in [-0.2, 0) is 25.7 Å². The first kappa shape index (κ1) is 19.2. The van der Waals surface area contributed by atoms with Crippen LogP contribution in [0, 0.1) is 0 Å². The molecule has 8 nitrogen and oxygen atoms in total. The van der Waals surface area contributed by atoms with Gasteiger partial charge in [-0.1, -0.05) is 11.3 Å². The Labute approximate surface area is 160 Å². The van der Waals surface area contributed by atoms with Crippen LogP contribution in [0.2, 0.25) is 0 Å². The molecule has 0 atom stereocenters. The first-order valence-corrected chi connectivity index (χ1v) is 9.51. The maximum Gasteiger partial charge on any atom is 0.268 e. The van der Waals surface area contributed by atoms with E-state index in [0.29, 0.717) is 24.6 Å². The fraction of sp³-hybridized carbons (Fsp3) is 0.444. The summed E-state index contributed by atoms with van der Waals surface area (Å²) < 4.78 is 13.5. The van der Waals surface area contributed by atoms with Gasteiger partial charge in [0.25, 0.3) is 5.91 Å². The van der Waals surface area contributed by atoms with Crippen LogP contribution >= 0.6 is 11.3 Å². The van der Waals surface area contributed by atoms with Crippen LogP contribution in [0.25, 0.3) is 10.2 Å². The number of thiazole rings is 1. The average Bonchev–Trinajstić information content (AvgIpc) is 3.13. The van der Waals surface area contributed by atoms with E-state index in [0.717, 1.165) is 20.9 Å². The van der Waals surface area contributed by atoms with E-state index in [-0.39, 0.29) is 31.2 Å². The van der Waals surface area contributed by atoms with Gasteiger partial charge >= 0.3 is 0 Å². The van der Waals surface area contributed by atoms with Crippen molar-refractivity contribution in [2.45, 2.75) is 26.3 Å². The van der Waals surface area contributed by atoms with E-state index in [2.05, 4.69) is 4.99 Å². The Morgan fingerprint density at radius 3 is 2.67 bits per heavy atom. The first-order valence-electron chi connectivity index (χ1n) is 8.69. The number of hydrogen-bond acceptors (Lipinski definition) is 6. The first-order chi connectivity index (χ1) is 13.0. The van der Waals surface area contributed by atoms with Gasteiger partial charge in [-0.2, -0.15) is 4.99 Å². The van der Waals surface area contributed by atoms with Crippen molar-refractivity contribution in [3.63, 3.8) is 0 Å². The van der Waals surface area contributed by atoms with Crippen LogP contribution in [-0.4, -0.2) is 54.1 Å². The minimum Gasteiger partial charge on any atom is -0.494 e. The number of hydrogen-bond donors (Lipinski definition) is 0. The Hall–Kier alpha value is -2.52. The number of fused-ring (bicyclic) bond motifs is 1. The van der Waals surface area contributed by atoms with Crippen LogP contribution in [0.4, 0.5) is 0 Å². The Morgan fingerprint density at radius 1 is 1.26 bits per heavy atom. The van der Waals surface area contributed by atoms with Gasteiger partial charge in [0.05, 0.1) is 23.4 Å². The van der Waals surface area contributed by atoms with Crippen LogP contribution in [0.5, 0.6) is 5.75 Å². The lowest BCUT2D eigenvalue weighted by atomic mass is 10.3. The van der Waals surface area contributed by atoms with Gasteiger partial charge in [-0.3, -0.25) is 19.3 Å². The Kier molecular flexibility index (Phi) is 6.02. The molecule has 144 valence electrons. The summed E-state index contributed by atoms with van der Waals surface area (Å²) in [5.41, 5.74) is 0.917. The molecular formula is C18H21N3O5S. The lowest BCUT2D eigenvalue weighted by Crippen LogP contribution is -2.34. The highest BCUT2D eigenvalue weighted by atomic mass is 32.1. The number of amides is 3. The average molecular weight is 391 g/mol. The molecule has 2 heterocycles. The third-order valence-corrected chi connectivity index (χ3v) is 5.19. The van der Waals surface area contributed by atoms with Crippen molar-refractivity contribution in [3.05, 3.63) is 23.0 Å². The van der Waals surface area contributed by atoms with Gasteiger partial charge in [0.1, 0.15) is 12.3 Å². The maximum absolute atomic E-state index is 12.4. The number of ether oxygens (including phenoxy) is 2. The predicted molar refractivity (Wildman–Crippen MR) is 99.4 cm³/mol. The highest BCUT2D eigenvalue weighted by molar-refractivity contribution is 7.16. The fourth-order valence-corrected chi connectivity index (χ4v) is 3.97. The van der Waals surface area contributed by atoms with Gasteiger partial charge < -0.3 is 14.0 Å². The normalized spacial score (nSPS) is 15.2. The number of methoxy groups -OCH3 is 1. The predicted octanol–water partition coefficient (Wildman–Crippen LogP) is 1.32. The molecule has 0 radical (unpaired) electrons. The van der Waals surface area contributed by atoms with Crippen LogP contribution in [0.15, 0.2) is 23.2 Å². The largest absolute Gasteiger partial charge is 0.494 e. The molecule has 1 aromatic heterocycles. The van der Waals surface area contributed by atoms with Crippen molar-refractivity contribution in [1.82, 2.24) is 9.47 Å². The second kappa shape index (κ2) is 8.45. The van der Waals surface area contributed by atoms with E-state index < -0.39 is 5.91 Å². The molecule has 1 aromatic carbocycles. The Bertz CT molecular complexity index is 930. The van der Waals surface area contributed by atoms with E-state index in [1.807, 2.05) is 29.7 Å². The van der Waals surface area contributed by atoms with Gasteiger partial charge in [-0.15, -0.1) is 0 Å². The number of imide groups is 1. The van der Waals surface area contributed by atoms with Crippen LogP contribution in [0.1, 0.15) is 19.8 Å². The minimum absolute atomic E-state index is 0.156. The summed E-state index contributed by atoms with van der Waals surface area (Å²) in [6, 6.07) is 5.70. The second-order valence-corrected chi connectivity index (χ2v) is 6.98. The highest BCUT2D eigenvalue weighted by Crippen LogP contribution is 2.23. The topological polar surface area (TPSA) is 90.2 Å². The molecule has 0 N–H and O–H groups in total. The summed E-state index contributed by atoms with van der Waals surface area (Å²) in [6.07, 6.45) is 0.312. The number of carbonyl (C=O) groups excluding carboxylic acids is 3. The standard InChI is InChI=1S/C18H21N3O5S/c1-3-26-12-4-5-13-14(10-12)27-18(20(13)8-9-25-2)19-15(22)11-21-16(23)6-7-17(21)24/h4-5,10H,3,6-9,11H2,1-2H3. The smallest absolute Gasteiger partial charge is 0.268 e. The highest BCUT2D eigenvalue weighted by Gasteiger charge is 2.30. The lowest BCUT2D eigenvalue weighted by Gasteiger charge is -2.10. The van der Waals surface area contributed by atoms with E-state index in [1.165, 1.54) is 11.3 Å². The Morgan fingerprint density at radius 2 is 2.00 bits per heavy atom. The molecule has 0 saturated carbocycles. The van der Waals surface area contributed by atoms with Gasteiger partial charge in [0, 0.05) is 26.5 Å². The summed E-state index contributed by atoms with van der Waals surface area (Å²) in [7, 11) is 1.61. The number of rotatable bonds is 7. The third kappa shape index (κ3) is 4.25. The van der Waals surface area contributed by atoms with Gasteiger partial charge in [-0.05, 0) is 25.1 Å². The van der Waals surface area contributed by atoms with Gasteiger partial charge in [0.15, 0.2) is 4.80 Å². The molecule has 3 amide bonds. The molecule has 0 bridgehead atoms. The van der Waals surface area contributed by atoms with E-state index in [1.54, 1.807) is 7.11 Å². The molecule has 3 rings (SSSR count). The molecule has 27 heavy (non-hydrogen) atoms. The number of aromatic nitrogens is 1. The van der Waals surface area contributed by atoms with E-state index in [4.69, 9.17) is 9.47 Å². The van der Waals surface area contributed by atoms with Crippen LogP contribution in [0.3, 0.4) is 0 Å². The molecule has 0 spiro atoms. The molecule has 9 heteroatoms.